The lowest BCUT2D eigenvalue weighted by molar-refractivity contribution is -0.138. The van der Waals surface area contributed by atoms with Gasteiger partial charge < -0.3 is 25.2 Å². The third-order valence-electron chi connectivity index (χ3n) is 5.63. The fourth-order valence-electron chi connectivity index (χ4n) is 3.76. The zero-order chi connectivity index (χ0) is 23.8. The fourth-order valence-corrected chi connectivity index (χ4v) is 3.76. The van der Waals surface area contributed by atoms with Crippen LogP contribution in [-0.4, -0.2) is 56.0 Å². The molecule has 3 N–H and O–H groups in total. The molecule has 0 bridgehead atoms. The lowest BCUT2D eigenvalue weighted by Crippen LogP contribution is -2.45. The van der Waals surface area contributed by atoms with Crippen LogP contribution in [0.15, 0.2) is 48.5 Å². The Labute approximate surface area is 193 Å². The number of carbonyl (C=O) groups is 3. The number of hydrogen-bond donors (Lipinski definition) is 3. The minimum Gasteiger partial charge on any atom is -0.481 e. The maximum absolute atomic E-state index is 12.4. The van der Waals surface area contributed by atoms with Crippen molar-refractivity contribution in [3.63, 3.8) is 0 Å². The maximum atomic E-state index is 12.4. The lowest BCUT2D eigenvalue weighted by atomic mass is 9.92. The predicted molar refractivity (Wildman–Crippen MR) is 123 cm³/mol. The Morgan fingerprint density at radius 1 is 0.939 bits per heavy atom. The van der Waals surface area contributed by atoms with Crippen LogP contribution in [0.25, 0.3) is 11.1 Å². The number of carbonyl (C=O) groups excluding carboxylic acids is 2. The maximum Gasteiger partial charge on any atom is 0.407 e. The largest absolute Gasteiger partial charge is 0.481 e. The topological polar surface area (TPSA) is 114 Å². The Morgan fingerprint density at radius 2 is 1.55 bits per heavy atom. The molecule has 2 aromatic rings. The van der Waals surface area contributed by atoms with Gasteiger partial charge in [-0.25, -0.2) is 4.79 Å². The Morgan fingerprint density at radius 3 is 2.15 bits per heavy atom. The second kappa shape index (κ2) is 11.0. The van der Waals surface area contributed by atoms with Crippen LogP contribution in [0, 0.1) is 5.41 Å². The number of carboxylic acid groups (broad SMARTS) is 1. The van der Waals surface area contributed by atoms with E-state index in [0.29, 0.717) is 0 Å². The van der Waals surface area contributed by atoms with Crippen LogP contribution in [0.5, 0.6) is 0 Å². The Balaban J connectivity index is 1.44. The number of carboxylic acids is 1. The highest BCUT2D eigenvalue weighted by Gasteiger charge is 2.30. The monoisotopic (exact) mass is 454 g/mol. The molecule has 33 heavy (non-hydrogen) atoms. The number of benzene rings is 2. The first-order valence-corrected chi connectivity index (χ1v) is 11.0. The Bertz CT molecular complexity index is 958. The van der Waals surface area contributed by atoms with Gasteiger partial charge in [0.05, 0.1) is 25.0 Å². The second-order valence-electron chi connectivity index (χ2n) is 8.57. The van der Waals surface area contributed by atoms with E-state index < -0.39 is 17.5 Å². The first kappa shape index (κ1) is 24.3. The molecule has 0 spiro atoms. The molecule has 2 aromatic carbocycles. The number of amides is 2. The molecular weight excluding hydrogens is 424 g/mol. The second-order valence-corrected chi connectivity index (χ2v) is 8.57. The molecular formula is C25H30N2O6. The van der Waals surface area contributed by atoms with Crippen LogP contribution >= 0.6 is 0 Å². The van der Waals surface area contributed by atoms with Gasteiger partial charge in [-0.2, -0.15) is 0 Å². The van der Waals surface area contributed by atoms with E-state index in [4.69, 9.17) is 14.6 Å². The van der Waals surface area contributed by atoms with Gasteiger partial charge in [-0.15, -0.1) is 0 Å². The molecule has 0 unspecified atom stereocenters. The zero-order valence-electron chi connectivity index (χ0n) is 18.9. The minimum absolute atomic E-state index is 0.0272. The molecule has 0 heterocycles. The highest BCUT2D eigenvalue weighted by molar-refractivity contribution is 5.83. The summed E-state index contributed by atoms with van der Waals surface area (Å²) < 4.78 is 10.7. The van der Waals surface area contributed by atoms with Gasteiger partial charge in [0.2, 0.25) is 5.91 Å². The number of alkyl carbamates (subject to hydrolysis) is 1. The highest BCUT2D eigenvalue weighted by Crippen LogP contribution is 2.44. The first-order valence-electron chi connectivity index (χ1n) is 11.0. The van der Waals surface area contributed by atoms with Crippen LogP contribution in [0.1, 0.15) is 37.3 Å². The quantitative estimate of drug-likeness (QED) is 0.450. The van der Waals surface area contributed by atoms with E-state index in [1.807, 2.05) is 24.3 Å². The van der Waals surface area contributed by atoms with Crippen molar-refractivity contribution in [2.75, 3.05) is 32.9 Å². The number of rotatable bonds is 11. The summed E-state index contributed by atoms with van der Waals surface area (Å²) in [4.78, 5) is 35.2. The number of fused-ring (bicyclic) bond motifs is 3. The molecule has 3 rings (SSSR count). The molecule has 0 radical (unpaired) electrons. The number of ether oxygens (including phenoxy) is 2. The summed E-state index contributed by atoms with van der Waals surface area (Å²) in [6, 6.07) is 16.2. The van der Waals surface area contributed by atoms with E-state index in [0.717, 1.165) is 22.3 Å². The molecule has 1 aliphatic rings. The van der Waals surface area contributed by atoms with Crippen molar-refractivity contribution in [3.05, 3.63) is 59.7 Å². The standard InChI is InChI=1S/C25H30N2O6/c1-25(2,23(30)26-12-14-32-13-11-22(28)29)16-27-24(31)33-15-21-19-9-5-3-7-17(19)18-8-4-6-10-20(18)21/h3-10,21H,11-16H2,1-2H3,(H,26,30)(H,27,31)(H,28,29). The summed E-state index contributed by atoms with van der Waals surface area (Å²) in [7, 11) is 0. The van der Waals surface area contributed by atoms with Crippen LogP contribution in [0.3, 0.4) is 0 Å². The van der Waals surface area contributed by atoms with Crippen molar-refractivity contribution in [1.82, 2.24) is 10.6 Å². The van der Waals surface area contributed by atoms with Gasteiger partial charge in [0.1, 0.15) is 6.61 Å². The molecule has 1 aliphatic carbocycles. The fraction of sp³-hybridized carbons (Fsp3) is 0.400. The van der Waals surface area contributed by atoms with Gasteiger partial charge in [-0.3, -0.25) is 9.59 Å². The summed E-state index contributed by atoms with van der Waals surface area (Å²) in [6.07, 6.45) is -0.654. The smallest absolute Gasteiger partial charge is 0.407 e. The van der Waals surface area contributed by atoms with Gasteiger partial charge in [0.25, 0.3) is 0 Å². The third-order valence-corrected chi connectivity index (χ3v) is 5.63. The van der Waals surface area contributed by atoms with Gasteiger partial charge in [-0.1, -0.05) is 48.5 Å². The van der Waals surface area contributed by atoms with E-state index in [1.54, 1.807) is 13.8 Å². The molecule has 0 atom stereocenters. The van der Waals surface area contributed by atoms with Crippen LogP contribution < -0.4 is 10.6 Å². The van der Waals surface area contributed by atoms with Crippen LogP contribution in [0.4, 0.5) is 4.79 Å². The molecule has 0 saturated heterocycles. The van der Waals surface area contributed by atoms with Crippen molar-refractivity contribution in [2.45, 2.75) is 26.2 Å². The van der Waals surface area contributed by atoms with Crippen molar-refractivity contribution >= 4 is 18.0 Å². The molecule has 0 fully saturated rings. The lowest BCUT2D eigenvalue weighted by Gasteiger charge is -2.24. The van der Waals surface area contributed by atoms with Gasteiger partial charge >= 0.3 is 12.1 Å². The number of aliphatic carboxylic acids is 1. The third kappa shape index (κ3) is 6.32. The molecule has 2 amide bonds. The predicted octanol–water partition coefficient (Wildman–Crippen LogP) is 3.16. The Hall–Kier alpha value is -3.39. The summed E-state index contributed by atoms with van der Waals surface area (Å²) >= 11 is 0. The first-order chi connectivity index (χ1) is 15.8. The molecule has 8 heteroatoms. The molecule has 176 valence electrons. The molecule has 0 aliphatic heterocycles. The van der Waals surface area contributed by atoms with Crippen LogP contribution in [-0.2, 0) is 19.1 Å². The number of nitrogens with one attached hydrogen (secondary N) is 2. The van der Waals surface area contributed by atoms with E-state index in [1.165, 1.54) is 0 Å². The van der Waals surface area contributed by atoms with Gasteiger partial charge in [0, 0.05) is 19.0 Å². The van der Waals surface area contributed by atoms with E-state index >= 15 is 0 Å². The summed E-state index contributed by atoms with van der Waals surface area (Å²) in [6.45, 7) is 4.32. The molecule has 0 aromatic heterocycles. The summed E-state index contributed by atoms with van der Waals surface area (Å²) in [5.74, 6) is -1.21. The SMILES string of the molecule is CC(C)(CNC(=O)OCC1c2ccccc2-c2ccccc21)C(=O)NCCOCCC(=O)O. The summed E-state index contributed by atoms with van der Waals surface area (Å²) in [5.41, 5.74) is 3.74. The van der Waals surface area contributed by atoms with Crippen molar-refractivity contribution in [1.29, 1.82) is 0 Å². The molecule has 0 saturated carbocycles. The van der Waals surface area contributed by atoms with E-state index in [-0.39, 0.29) is 51.2 Å². The molecule has 8 nitrogen and oxygen atoms in total. The van der Waals surface area contributed by atoms with Gasteiger partial charge in [0.15, 0.2) is 0 Å². The minimum atomic E-state index is -0.931. The average molecular weight is 455 g/mol. The van der Waals surface area contributed by atoms with Gasteiger partial charge in [-0.05, 0) is 36.1 Å². The van der Waals surface area contributed by atoms with Crippen molar-refractivity contribution < 1.29 is 29.0 Å². The summed E-state index contributed by atoms with van der Waals surface area (Å²) in [5, 5.41) is 14.0. The normalized spacial score (nSPS) is 12.5. The number of hydrogen-bond acceptors (Lipinski definition) is 5. The van der Waals surface area contributed by atoms with Crippen molar-refractivity contribution in [2.24, 2.45) is 5.41 Å². The zero-order valence-corrected chi connectivity index (χ0v) is 18.9. The van der Waals surface area contributed by atoms with E-state index in [9.17, 15) is 14.4 Å². The van der Waals surface area contributed by atoms with E-state index in [2.05, 4.69) is 34.9 Å². The van der Waals surface area contributed by atoms with Crippen LogP contribution in [0.2, 0.25) is 0 Å². The van der Waals surface area contributed by atoms with Crippen molar-refractivity contribution in [3.8, 4) is 11.1 Å². The Kier molecular flexibility index (Phi) is 8.06. The average Bonchev–Trinajstić information content (AvgIpc) is 3.12. The highest BCUT2D eigenvalue weighted by atomic mass is 16.5.